The number of nitrogens with two attached hydrogens (primary N) is 2. The Kier molecular flexibility index (Phi) is 17.9. The van der Waals surface area contributed by atoms with Crippen molar-refractivity contribution < 1.29 is 14.4 Å². The van der Waals surface area contributed by atoms with Crippen LogP contribution in [-0.2, 0) is 27.2 Å². The van der Waals surface area contributed by atoms with Gasteiger partial charge in [0.1, 0.15) is 6.04 Å². The highest BCUT2D eigenvalue weighted by Crippen LogP contribution is 2.19. The molecule has 0 bridgehead atoms. The maximum atomic E-state index is 13.8. The molecular weight excluding hydrogens is 600 g/mol. The second kappa shape index (κ2) is 21.0. The molecular formula is C36H57ClN6O3. The number of aryl methyl sites for hydroxylation is 1. The summed E-state index contributed by atoms with van der Waals surface area (Å²) in [6, 6.07) is 19.0. The zero-order valence-corrected chi connectivity index (χ0v) is 28.9. The topological polar surface area (TPSA) is 134 Å². The summed E-state index contributed by atoms with van der Waals surface area (Å²) < 4.78 is 0. The van der Waals surface area contributed by atoms with Crippen molar-refractivity contribution in [1.29, 1.82) is 0 Å². The number of benzene rings is 2. The van der Waals surface area contributed by atoms with Crippen molar-refractivity contribution in [2.75, 3.05) is 33.2 Å². The van der Waals surface area contributed by atoms with E-state index < -0.39 is 12.1 Å². The monoisotopic (exact) mass is 656 g/mol. The lowest BCUT2D eigenvalue weighted by Gasteiger charge is -2.38. The zero-order valence-electron chi connectivity index (χ0n) is 28.0. The van der Waals surface area contributed by atoms with Gasteiger partial charge in [-0.1, -0.05) is 74.5 Å². The van der Waals surface area contributed by atoms with Crippen molar-refractivity contribution in [1.82, 2.24) is 20.4 Å². The zero-order chi connectivity index (χ0) is 32.6. The van der Waals surface area contributed by atoms with Gasteiger partial charge in [0.15, 0.2) is 0 Å². The fourth-order valence-corrected chi connectivity index (χ4v) is 6.03. The van der Waals surface area contributed by atoms with E-state index in [1.807, 2.05) is 65.4 Å². The van der Waals surface area contributed by atoms with E-state index in [1.54, 1.807) is 0 Å². The minimum absolute atomic E-state index is 0. The van der Waals surface area contributed by atoms with Gasteiger partial charge in [0, 0.05) is 45.2 Å². The molecule has 9 nitrogen and oxygen atoms in total. The highest BCUT2D eigenvalue weighted by Gasteiger charge is 2.32. The van der Waals surface area contributed by atoms with Crippen LogP contribution in [0.2, 0.25) is 0 Å². The summed E-state index contributed by atoms with van der Waals surface area (Å²) >= 11 is 0. The lowest BCUT2D eigenvalue weighted by atomic mass is 9.99. The van der Waals surface area contributed by atoms with E-state index in [0.717, 1.165) is 43.2 Å². The van der Waals surface area contributed by atoms with E-state index >= 15 is 0 Å². The summed E-state index contributed by atoms with van der Waals surface area (Å²) in [5, 5.41) is 6.49. The number of amides is 3. The number of unbranched alkanes of at least 4 members (excludes halogenated alkanes) is 1. The van der Waals surface area contributed by atoms with Crippen LogP contribution in [0.25, 0.3) is 0 Å². The molecule has 1 saturated heterocycles. The summed E-state index contributed by atoms with van der Waals surface area (Å²) in [5.74, 6) is 0.195. The maximum absolute atomic E-state index is 13.8. The number of piperidine rings is 1. The normalized spacial score (nSPS) is 15.5. The molecule has 3 rings (SSSR count). The standard InChI is InChI=1S/C36H56N6O3.ClH/c1-27(2)24-33(39-26-30(38)25-29-14-8-5-9-15-29)35(44)40-32(16-10-11-21-37)36(45)42-22-19-31(20-23-42)41(3)34(43)18-17-28-12-6-4-7-13-28;/h4-9,12-15,27,30-33,39H,10-11,16-26,37-38H2,1-3H3,(H,40,44);1H/t30-,32-,33-;/m1./s1. The number of carbonyl (C=O) groups excluding carboxylic acids is 3. The predicted octanol–water partition coefficient (Wildman–Crippen LogP) is 3.68. The van der Waals surface area contributed by atoms with Crippen LogP contribution in [0.1, 0.15) is 69.9 Å². The van der Waals surface area contributed by atoms with Gasteiger partial charge in [0.25, 0.3) is 0 Å². The van der Waals surface area contributed by atoms with E-state index in [9.17, 15) is 14.4 Å². The first-order valence-electron chi connectivity index (χ1n) is 16.8. The van der Waals surface area contributed by atoms with Crippen LogP contribution in [0.3, 0.4) is 0 Å². The van der Waals surface area contributed by atoms with Crippen LogP contribution in [0.15, 0.2) is 60.7 Å². The highest BCUT2D eigenvalue weighted by atomic mass is 35.5. The molecule has 2 aromatic carbocycles. The molecule has 1 fully saturated rings. The molecule has 10 heteroatoms. The Hall–Kier alpha value is -2.98. The molecule has 46 heavy (non-hydrogen) atoms. The molecule has 1 aliphatic heterocycles. The number of nitrogens with one attached hydrogen (secondary N) is 2. The smallest absolute Gasteiger partial charge is 0.245 e. The van der Waals surface area contributed by atoms with Crippen molar-refractivity contribution in [2.24, 2.45) is 17.4 Å². The fraction of sp³-hybridized carbons (Fsp3) is 0.583. The van der Waals surface area contributed by atoms with E-state index in [0.29, 0.717) is 51.9 Å². The molecule has 1 aliphatic rings. The van der Waals surface area contributed by atoms with Crippen LogP contribution in [0.5, 0.6) is 0 Å². The molecule has 3 atom stereocenters. The van der Waals surface area contributed by atoms with E-state index in [1.165, 1.54) is 0 Å². The summed E-state index contributed by atoms with van der Waals surface area (Å²) in [7, 11) is 1.87. The number of rotatable bonds is 18. The molecule has 256 valence electrons. The third-order valence-corrected chi connectivity index (χ3v) is 8.74. The second-order valence-corrected chi connectivity index (χ2v) is 12.9. The van der Waals surface area contributed by atoms with Crippen LogP contribution in [0.4, 0.5) is 0 Å². The van der Waals surface area contributed by atoms with Gasteiger partial charge in [0.2, 0.25) is 17.7 Å². The lowest BCUT2D eigenvalue weighted by Crippen LogP contribution is -2.56. The highest BCUT2D eigenvalue weighted by molar-refractivity contribution is 5.90. The Morgan fingerprint density at radius 1 is 0.935 bits per heavy atom. The first kappa shape index (κ1) is 39.2. The number of halogens is 1. The number of hydrogen-bond donors (Lipinski definition) is 4. The van der Waals surface area contributed by atoms with Gasteiger partial charge in [0.05, 0.1) is 6.04 Å². The van der Waals surface area contributed by atoms with Gasteiger partial charge in [-0.3, -0.25) is 14.4 Å². The Morgan fingerprint density at radius 3 is 2.13 bits per heavy atom. The summed E-state index contributed by atoms with van der Waals surface area (Å²) in [4.78, 5) is 44.0. The van der Waals surface area contributed by atoms with Crippen molar-refractivity contribution in [3.05, 3.63) is 71.8 Å². The predicted molar refractivity (Wildman–Crippen MR) is 189 cm³/mol. The van der Waals surface area contributed by atoms with Gasteiger partial charge < -0.3 is 31.9 Å². The largest absolute Gasteiger partial charge is 0.343 e. The van der Waals surface area contributed by atoms with E-state index in [2.05, 4.69) is 36.6 Å². The Morgan fingerprint density at radius 2 is 1.54 bits per heavy atom. The van der Waals surface area contributed by atoms with Gasteiger partial charge in [-0.25, -0.2) is 0 Å². The molecule has 0 aliphatic carbocycles. The van der Waals surface area contributed by atoms with Crippen molar-refractivity contribution in [3.63, 3.8) is 0 Å². The van der Waals surface area contributed by atoms with Gasteiger partial charge in [-0.15, -0.1) is 12.4 Å². The Bertz CT molecular complexity index is 1160. The van der Waals surface area contributed by atoms with Gasteiger partial charge in [-0.2, -0.15) is 0 Å². The van der Waals surface area contributed by atoms with Crippen LogP contribution < -0.4 is 22.1 Å². The lowest BCUT2D eigenvalue weighted by molar-refractivity contribution is -0.139. The quantitative estimate of drug-likeness (QED) is 0.181. The first-order chi connectivity index (χ1) is 21.7. The molecule has 0 saturated carbocycles. The molecule has 0 aromatic heterocycles. The molecule has 0 unspecified atom stereocenters. The van der Waals surface area contributed by atoms with Crippen LogP contribution in [0, 0.1) is 5.92 Å². The van der Waals surface area contributed by atoms with Gasteiger partial charge >= 0.3 is 0 Å². The third kappa shape index (κ3) is 13.4. The first-order valence-corrected chi connectivity index (χ1v) is 16.8. The van der Waals surface area contributed by atoms with Crippen LogP contribution in [-0.4, -0.2) is 84.9 Å². The van der Waals surface area contributed by atoms with E-state index in [-0.39, 0.29) is 48.1 Å². The second-order valence-electron chi connectivity index (χ2n) is 12.9. The van der Waals surface area contributed by atoms with Crippen LogP contribution >= 0.6 is 12.4 Å². The molecule has 3 amide bonds. The summed E-state index contributed by atoms with van der Waals surface area (Å²) in [5.41, 5.74) is 14.5. The number of likely N-dealkylation sites (tertiary alicyclic amines) is 1. The Labute approximate surface area is 282 Å². The molecule has 0 spiro atoms. The van der Waals surface area contributed by atoms with Crippen molar-refractivity contribution in [3.8, 4) is 0 Å². The minimum Gasteiger partial charge on any atom is -0.343 e. The average Bonchev–Trinajstić information content (AvgIpc) is 3.05. The molecule has 6 N–H and O–H groups in total. The molecule has 1 heterocycles. The van der Waals surface area contributed by atoms with E-state index in [4.69, 9.17) is 11.5 Å². The number of hydrogen-bond acceptors (Lipinski definition) is 6. The Balaban J connectivity index is 0.00000736. The van der Waals surface area contributed by atoms with Crippen molar-refractivity contribution in [2.45, 2.75) is 95.8 Å². The SMILES string of the molecule is CC(C)C[C@@H](NC[C@H](N)Cc1ccccc1)C(=O)N[C@H](CCCCN)C(=O)N1CCC(N(C)C(=O)CCc2ccccc2)CC1.Cl. The third-order valence-electron chi connectivity index (χ3n) is 8.74. The maximum Gasteiger partial charge on any atom is 0.245 e. The number of nitrogens with zero attached hydrogens (tertiary/aromatic N) is 2. The van der Waals surface area contributed by atoms with Crippen molar-refractivity contribution >= 4 is 30.1 Å². The van der Waals surface area contributed by atoms with Gasteiger partial charge in [-0.05, 0) is 75.0 Å². The molecule has 0 radical (unpaired) electrons. The summed E-state index contributed by atoms with van der Waals surface area (Å²) in [6.07, 6.45) is 6.08. The molecule has 2 aromatic rings. The summed E-state index contributed by atoms with van der Waals surface area (Å²) in [6.45, 7) is 6.33. The minimum atomic E-state index is -0.611. The fourth-order valence-electron chi connectivity index (χ4n) is 6.03. The number of carbonyl (C=O) groups is 3. The average molecular weight is 657 g/mol.